The van der Waals surface area contributed by atoms with Crippen molar-refractivity contribution in [1.82, 2.24) is 4.98 Å². The Bertz CT molecular complexity index is 1240. The van der Waals surface area contributed by atoms with E-state index < -0.39 is 6.36 Å². The molecule has 4 aromatic rings. The molecule has 0 saturated heterocycles. The Labute approximate surface area is 188 Å². The van der Waals surface area contributed by atoms with Crippen molar-refractivity contribution in [2.24, 2.45) is 0 Å². The molecule has 3 aromatic carbocycles. The Morgan fingerprint density at radius 3 is 2.27 bits per heavy atom. The molecular formula is C26H21F4NO2. The van der Waals surface area contributed by atoms with E-state index >= 15 is 4.39 Å². The lowest BCUT2D eigenvalue weighted by molar-refractivity contribution is -0.274. The number of rotatable bonds is 7. The third-order valence-corrected chi connectivity index (χ3v) is 5.31. The van der Waals surface area contributed by atoms with Crippen LogP contribution in [-0.2, 0) is 24.2 Å². The molecule has 0 saturated carbocycles. The first-order valence-corrected chi connectivity index (χ1v) is 10.3. The van der Waals surface area contributed by atoms with Crippen molar-refractivity contribution in [3.8, 4) is 17.0 Å². The Balaban J connectivity index is 1.48. The molecule has 0 aliphatic heterocycles. The molecule has 0 N–H and O–H groups in total. The van der Waals surface area contributed by atoms with Crippen LogP contribution < -0.4 is 4.74 Å². The van der Waals surface area contributed by atoms with Crippen LogP contribution in [0.25, 0.3) is 22.0 Å². The van der Waals surface area contributed by atoms with Gasteiger partial charge in [0.15, 0.2) is 0 Å². The number of alkyl halides is 3. The minimum absolute atomic E-state index is 0.276. The van der Waals surface area contributed by atoms with Gasteiger partial charge in [-0.25, -0.2) is 4.39 Å². The van der Waals surface area contributed by atoms with Gasteiger partial charge in [0.25, 0.3) is 0 Å². The number of methoxy groups -OCH3 is 1. The number of fused-ring (bicyclic) bond motifs is 1. The van der Waals surface area contributed by atoms with Gasteiger partial charge in [0, 0.05) is 24.3 Å². The van der Waals surface area contributed by atoms with Crippen molar-refractivity contribution < 1.29 is 27.0 Å². The highest BCUT2D eigenvalue weighted by atomic mass is 19.4. The second-order valence-corrected chi connectivity index (χ2v) is 7.65. The van der Waals surface area contributed by atoms with Crippen LogP contribution in [0, 0.1) is 5.82 Å². The van der Waals surface area contributed by atoms with E-state index in [0.717, 1.165) is 27.8 Å². The minimum atomic E-state index is -4.72. The van der Waals surface area contributed by atoms with Crippen molar-refractivity contribution in [3.05, 3.63) is 95.4 Å². The van der Waals surface area contributed by atoms with Crippen molar-refractivity contribution in [2.45, 2.75) is 25.8 Å². The summed E-state index contributed by atoms with van der Waals surface area (Å²) in [5.74, 6) is -0.568. The zero-order chi connectivity index (χ0) is 23.4. The fourth-order valence-corrected chi connectivity index (χ4v) is 3.67. The van der Waals surface area contributed by atoms with Gasteiger partial charge < -0.3 is 9.47 Å². The zero-order valence-corrected chi connectivity index (χ0v) is 17.8. The van der Waals surface area contributed by atoms with Gasteiger partial charge in [0.1, 0.15) is 11.6 Å². The van der Waals surface area contributed by atoms with Crippen molar-refractivity contribution in [2.75, 3.05) is 7.11 Å². The SMILES string of the molecule is COCc1ccc(-c2ccc3c(F)c(CCc4ccc(OC(F)(F)F)cc4)ccc3c2)nc1. The molecule has 33 heavy (non-hydrogen) atoms. The molecule has 1 aromatic heterocycles. The van der Waals surface area contributed by atoms with Crippen LogP contribution in [0.4, 0.5) is 17.6 Å². The van der Waals surface area contributed by atoms with E-state index in [9.17, 15) is 13.2 Å². The van der Waals surface area contributed by atoms with Crippen molar-refractivity contribution >= 4 is 10.8 Å². The third-order valence-electron chi connectivity index (χ3n) is 5.31. The Morgan fingerprint density at radius 1 is 0.848 bits per heavy atom. The average molecular weight is 455 g/mol. The van der Waals surface area contributed by atoms with Crippen molar-refractivity contribution in [1.29, 1.82) is 0 Å². The number of hydrogen-bond donors (Lipinski definition) is 0. The van der Waals surface area contributed by atoms with Gasteiger partial charge in [0.2, 0.25) is 0 Å². The lowest BCUT2D eigenvalue weighted by Crippen LogP contribution is -2.17. The Kier molecular flexibility index (Phi) is 6.60. The maximum absolute atomic E-state index is 15.1. The lowest BCUT2D eigenvalue weighted by Gasteiger charge is -2.10. The quantitative estimate of drug-likeness (QED) is 0.285. The highest BCUT2D eigenvalue weighted by Gasteiger charge is 2.30. The van der Waals surface area contributed by atoms with Crippen LogP contribution in [0.5, 0.6) is 5.75 Å². The first-order chi connectivity index (χ1) is 15.8. The maximum atomic E-state index is 15.1. The fourth-order valence-electron chi connectivity index (χ4n) is 3.67. The molecular weight excluding hydrogens is 434 g/mol. The smallest absolute Gasteiger partial charge is 0.406 e. The van der Waals surface area contributed by atoms with Gasteiger partial charge in [-0.05, 0) is 59.2 Å². The van der Waals surface area contributed by atoms with Gasteiger partial charge in [-0.2, -0.15) is 0 Å². The van der Waals surface area contributed by atoms with E-state index in [4.69, 9.17) is 4.74 Å². The first-order valence-electron chi connectivity index (χ1n) is 10.3. The molecule has 0 aliphatic carbocycles. The minimum Gasteiger partial charge on any atom is -0.406 e. The van der Waals surface area contributed by atoms with Gasteiger partial charge in [0.05, 0.1) is 12.3 Å². The van der Waals surface area contributed by atoms with Crippen LogP contribution in [-0.4, -0.2) is 18.5 Å². The number of aromatic nitrogens is 1. The highest BCUT2D eigenvalue weighted by Crippen LogP contribution is 2.28. The van der Waals surface area contributed by atoms with E-state index in [2.05, 4.69) is 9.72 Å². The number of halogens is 4. The van der Waals surface area contributed by atoms with Gasteiger partial charge >= 0.3 is 6.36 Å². The number of hydrogen-bond acceptors (Lipinski definition) is 3. The molecule has 3 nitrogen and oxygen atoms in total. The summed E-state index contributed by atoms with van der Waals surface area (Å²) < 4.78 is 60.9. The van der Waals surface area contributed by atoms with E-state index in [0.29, 0.717) is 30.4 Å². The summed E-state index contributed by atoms with van der Waals surface area (Å²) in [6, 6.07) is 18.6. The molecule has 0 spiro atoms. The Hall–Kier alpha value is -3.45. The molecule has 0 unspecified atom stereocenters. The van der Waals surface area contributed by atoms with Crippen molar-refractivity contribution in [3.63, 3.8) is 0 Å². The fraction of sp³-hybridized carbons (Fsp3) is 0.192. The summed E-state index contributed by atoms with van der Waals surface area (Å²) in [4.78, 5) is 4.46. The number of nitrogens with zero attached hydrogens (tertiary/aromatic N) is 1. The van der Waals surface area contributed by atoms with Crippen LogP contribution in [0.2, 0.25) is 0 Å². The topological polar surface area (TPSA) is 31.4 Å². The number of pyridine rings is 1. The van der Waals surface area contributed by atoms with Crippen LogP contribution in [0.3, 0.4) is 0 Å². The summed E-state index contributed by atoms with van der Waals surface area (Å²) in [5, 5.41) is 1.28. The molecule has 7 heteroatoms. The van der Waals surface area contributed by atoms with Gasteiger partial charge in [-0.3, -0.25) is 4.98 Å². The molecule has 0 aliphatic rings. The largest absolute Gasteiger partial charge is 0.573 e. The first kappa shape index (κ1) is 22.7. The van der Waals surface area contributed by atoms with Crippen LogP contribution in [0.1, 0.15) is 16.7 Å². The summed E-state index contributed by atoms with van der Waals surface area (Å²) >= 11 is 0. The third kappa shape index (κ3) is 5.68. The summed E-state index contributed by atoms with van der Waals surface area (Å²) in [5.41, 5.74) is 3.99. The number of benzene rings is 3. The molecule has 0 amide bonds. The van der Waals surface area contributed by atoms with Crippen LogP contribution >= 0.6 is 0 Å². The molecule has 4 rings (SSSR count). The van der Waals surface area contributed by atoms with Gasteiger partial charge in [-0.1, -0.05) is 42.5 Å². The van der Waals surface area contributed by atoms with E-state index in [1.807, 2.05) is 30.3 Å². The molecule has 0 radical (unpaired) electrons. The second kappa shape index (κ2) is 9.58. The highest BCUT2D eigenvalue weighted by molar-refractivity contribution is 5.88. The van der Waals surface area contributed by atoms with E-state index in [1.54, 1.807) is 37.6 Å². The van der Waals surface area contributed by atoms with E-state index in [1.165, 1.54) is 12.1 Å². The average Bonchev–Trinajstić information content (AvgIpc) is 2.79. The molecule has 1 heterocycles. The normalized spacial score (nSPS) is 11.7. The molecule has 0 bridgehead atoms. The standard InChI is InChI=1S/C26H21F4NO2/c1-32-16-18-5-13-24(31-15-18)21-9-12-23-20(14-21)8-7-19(25(23)27)6-2-17-3-10-22(11-4-17)33-26(28,29)30/h3-5,7-15H,2,6,16H2,1H3. The molecule has 170 valence electrons. The molecule has 0 fully saturated rings. The lowest BCUT2D eigenvalue weighted by atomic mass is 9.98. The van der Waals surface area contributed by atoms with Gasteiger partial charge in [-0.15, -0.1) is 13.2 Å². The summed E-state index contributed by atoms with van der Waals surface area (Å²) in [7, 11) is 1.63. The Morgan fingerprint density at radius 2 is 1.61 bits per heavy atom. The summed E-state index contributed by atoms with van der Waals surface area (Å²) in [6.45, 7) is 0.491. The predicted octanol–water partition coefficient (Wildman–Crippen LogP) is 6.87. The predicted molar refractivity (Wildman–Crippen MR) is 118 cm³/mol. The number of aryl methyl sites for hydroxylation is 2. The maximum Gasteiger partial charge on any atom is 0.573 e. The summed E-state index contributed by atoms with van der Waals surface area (Å²) in [6.07, 6.45) is -2.05. The second-order valence-electron chi connectivity index (χ2n) is 7.65. The number of ether oxygens (including phenoxy) is 2. The molecule has 0 atom stereocenters. The van der Waals surface area contributed by atoms with Crippen LogP contribution in [0.15, 0.2) is 72.9 Å². The van der Waals surface area contributed by atoms with E-state index in [-0.39, 0.29) is 11.6 Å². The monoisotopic (exact) mass is 455 g/mol. The zero-order valence-electron chi connectivity index (χ0n) is 17.8.